The van der Waals surface area contributed by atoms with Gasteiger partial charge in [0.05, 0.1) is 0 Å². The van der Waals surface area contributed by atoms with Crippen molar-refractivity contribution in [2.75, 3.05) is 0 Å². The summed E-state index contributed by atoms with van der Waals surface area (Å²) in [5.41, 5.74) is 3.38. The summed E-state index contributed by atoms with van der Waals surface area (Å²) in [6.07, 6.45) is 2.39. The molecule has 1 aliphatic rings. The van der Waals surface area contributed by atoms with Crippen LogP contribution in [0.1, 0.15) is 29.8 Å². The van der Waals surface area contributed by atoms with Gasteiger partial charge in [0.15, 0.2) is 0 Å². The van der Waals surface area contributed by atoms with Crippen molar-refractivity contribution in [2.24, 2.45) is 0 Å². The first-order chi connectivity index (χ1) is 8.22. The van der Waals surface area contributed by atoms with Crippen molar-refractivity contribution in [3.63, 3.8) is 0 Å². The number of aromatic nitrogens is 1. The SMILES string of the molecule is [CH]c1cccc(C2(c3cccc[c]3[In])CC2)n1. The molecule has 1 fully saturated rings. The second-order valence-electron chi connectivity index (χ2n) is 4.62. The predicted octanol–water partition coefficient (Wildman–Crippen LogP) is 2.01. The van der Waals surface area contributed by atoms with Crippen LogP contribution < -0.4 is 3.32 Å². The number of rotatable bonds is 2. The van der Waals surface area contributed by atoms with E-state index in [0.717, 1.165) is 30.1 Å². The van der Waals surface area contributed by atoms with E-state index in [2.05, 4.69) is 35.3 Å². The Morgan fingerprint density at radius 2 is 1.82 bits per heavy atom. The minimum atomic E-state index is 0.158. The third-order valence-corrected chi connectivity index (χ3v) is 4.92. The summed E-state index contributed by atoms with van der Waals surface area (Å²) in [4.78, 5) is 4.52. The Labute approximate surface area is 117 Å². The molecule has 1 aromatic carbocycles. The van der Waals surface area contributed by atoms with Crippen LogP contribution in [-0.2, 0) is 5.41 Å². The fourth-order valence-corrected chi connectivity index (χ4v) is 3.82. The van der Waals surface area contributed by atoms with Gasteiger partial charge in [0.1, 0.15) is 0 Å². The molecule has 0 aliphatic heterocycles. The third-order valence-electron chi connectivity index (χ3n) is 3.49. The van der Waals surface area contributed by atoms with Crippen molar-refractivity contribution in [3.05, 3.63) is 66.3 Å². The van der Waals surface area contributed by atoms with Crippen LogP contribution >= 0.6 is 0 Å². The van der Waals surface area contributed by atoms with Crippen LogP contribution in [0.25, 0.3) is 0 Å². The number of hydrogen-bond donors (Lipinski definition) is 0. The Morgan fingerprint density at radius 3 is 2.47 bits per heavy atom. The summed E-state index contributed by atoms with van der Waals surface area (Å²) in [6, 6.07) is 14.7. The molecule has 2 aromatic rings. The van der Waals surface area contributed by atoms with Gasteiger partial charge in [-0.3, -0.25) is 0 Å². The van der Waals surface area contributed by atoms with Gasteiger partial charge in [-0.05, 0) is 0 Å². The van der Waals surface area contributed by atoms with Crippen molar-refractivity contribution < 1.29 is 0 Å². The van der Waals surface area contributed by atoms with E-state index in [1.807, 2.05) is 12.1 Å². The Morgan fingerprint density at radius 1 is 1.06 bits per heavy atom. The quantitative estimate of drug-likeness (QED) is 0.825. The van der Waals surface area contributed by atoms with Crippen molar-refractivity contribution in [2.45, 2.75) is 18.3 Å². The Hall–Kier alpha value is -0.760. The van der Waals surface area contributed by atoms with Gasteiger partial charge in [0, 0.05) is 0 Å². The van der Waals surface area contributed by atoms with Gasteiger partial charge in [-0.2, -0.15) is 0 Å². The molecule has 3 rings (SSSR count). The maximum atomic E-state index is 5.80. The molecule has 0 saturated heterocycles. The van der Waals surface area contributed by atoms with Gasteiger partial charge in [0.2, 0.25) is 0 Å². The van der Waals surface area contributed by atoms with Crippen LogP contribution in [0.4, 0.5) is 0 Å². The van der Waals surface area contributed by atoms with Gasteiger partial charge in [-0.1, -0.05) is 0 Å². The second-order valence-corrected chi connectivity index (χ2v) is 6.39. The van der Waals surface area contributed by atoms with Crippen LogP contribution in [-0.4, -0.2) is 29.4 Å². The van der Waals surface area contributed by atoms with Gasteiger partial charge in [-0.25, -0.2) is 0 Å². The van der Waals surface area contributed by atoms with Gasteiger partial charge in [0.25, 0.3) is 0 Å². The number of benzene rings is 1. The van der Waals surface area contributed by atoms with Crippen LogP contribution in [0.3, 0.4) is 0 Å². The minimum absolute atomic E-state index is 0.158. The van der Waals surface area contributed by atoms with Crippen molar-refractivity contribution >= 4 is 27.7 Å². The molecule has 0 unspecified atom stereocenters. The molecule has 0 atom stereocenters. The Kier molecular flexibility index (Phi) is 2.78. The van der Waals surface area contributed by atoms with E-state index < -0.39 is 0 Å². The molecule has 0 spiro atoms. The Bertz CT molecular complexity index is 558. The van der Waals surface area contributed by atoms with Gasteiger partial charge >= 0.3 is 117 Å². The number of nitrogens with zero attached hydrogens (tertiary/aromatic N) is 1. The van der Waals surface area contributed by atoms with Crippen LogP contribution in [0.15, 0.2) is 42.5 Å². The molecule has 2 heteroatoms. The van der Waals surface area contributed by atoms with E-state index in [9.17, 15) is 0 Å². The molecule has 0 N–H and O–H groups in total. The van der Waals surface area contributed by atoms with Gasteiger partial charge in [-0.15, -0.1) is 0 Å². The van der Waals surface area contributed by atoms with Crippen molar-refractivity contribution in [3.8, 4) is 0 Å². The van der Waals surface area contributed by atoms with E-state index in [0.29, 0.717) is 5.69 Å². The summed E-state index contributed by atoms with van der Waals surface area (Å²) in [5.74, 6) is 0. The molecule has 0 amide bonds. The van der Waals surface area contributed by atoms with Crippen molar-refractivity contribution in [1.82, 2.24) is 4.98 Å². The normalized spacial score (nSPS) is 16.8. The van der Waals surface area contributed by atoms with E-state index in [1.165, 1.54) is 21.7 Å². The van der Waals surface area contributed by atoms with Crippen molar-refractivity contribution in [1.29, 1.82) is 0 Å². The predicted molar refractivity (Wildman–Crippen MR) is 69.5 cm³/mol. The van der Waals surface area contributed by atoms with Crippen LogP contribution in [0.2, 0.25) is 0 Å². The molecule has 1 heterocycles. The van der Waals surface area contributed by atoms with E-state index in [-0.39, 0.29) is 5.41 Å². The molecular formula is C15H12InN. The molecule has 80 valence electrons. The number of pyridine rings is 1. The van der Waals surface area contributed by atoms with Gasteiger partial charge < -0.3 is 0 Å². The molecule has 4 radical (unpaired) electrons. The average Bonchev–Trinajstić information content (AvgIpc) is 3.11. The summed E-state index contributed by atoms with van der Waals surface area (Å²) >= 11 is 1.16. The second kappa shape index (κ2) is 4.16. The zero-order chi connectivity index (χ0) is 11.9. The molecule has 1 saturated carbocycles. The van der Waals surface area contributed by atoms with E-state index >= 15 is 0 Å². The van der Waals surface area contributed by atoms with Crippen LogP contribution in [0.5, 0.6) is 0 Å². The first kappa shape index (κ1) is 11.3. The van der Waals surface area contributed by atoms with Crippen LogP contribution in [0, 0.1) is 6.92 Å². The van der Waals surface area contributed by atoms with E-state index in [4.69, 9.17) is 6.92 Å². The summed E-state index contributed by atoms with van der Waals surface area (Å²) in [5, 5.41) is 0. The first-order valence-corrected chi connectivity index (χ1v) is 7.45. The summed E-state index contributed by atoms with van der Waals surface area (Å²) in [6.45, 7) is 5.80. The molecule has 0 bridgehead atoms. The molecular weight excluding hydrogens is 309 g/mol. The fourth-order valence-electron chi connectivity index (χ4n) is 2.44. The standard InChI is InChI=1S/C15H12N.In/c1-12-6-5-9-14(16-12)15(10-11-15)13-7-3-2-4-8-13;/h1-7,9H,10-11H2;. The summed E-state index contributed by atoms with van der Waals surface area (Å²) in [7, 11) is 0. The first-order valence-electron chi connectivity index (χ1n) is 5.80. The third kappa shape index (κ3) is 1.93. The zero-order valence-corrected chi connectivity index (χ0v) is 12.9. The molecule has 17 heavy (non-hydrogen) atoms. The maximum absolute atomic E-state index is 5.80. The average molecular weight is 321 g/mol. The zero-order valence-electron chi connectivity index (χ0n) is 9.56. The monoisotopic (exact) mass is 321 g/mol. The number of hydrogen-bond acceptors (Lipinski definition) is 1. The topological polar surface area (TPSA) is 12.9 Å². The van der Waals surface area contributed by atoms with E-state index in [1.54, 1.807) is 0 Å². The molecule has 1 aliphatic carbocycles. The summed E-state index contributed by atoms with van der Waals surface area (Å²) < 4.78 is 1.47. The molecule has 1 aromatic heterocycles. The molecule has 1 nitrogen and oxygen atoms in total. The fraction of sp³-hybridized carbons (Fsp3) is 0.200. The Balaban J connectivity index is 2.11.